The summed E-state index contributed by atoms with van der Waals surface area (Å²) in [7, 11) is 0. The second kappa shape index (κ2) is 7.69. The van der Waals surface area contributed by atoms with E-state index in [0.717, 1.165) is 24.9 Å². The highest BCUT2D eigenvalue weighted by Gasteiger charge is 2.16. The van der Waals surface area contributed by atoms with E-state index in [9.17, 15) is 0 Å². The number of unbranched alkanes of at least 4 members (excludes halogenated alkanes) is 2. The van der Waals surface area contributed by atoms with Crippen LogP contribution in [-0.2, 0) is 4.74 Å². The minimum absolute atomic E-state index is 0.959. The summed E-state index contributed by atoms with van der Waals surface area (Å²) in [5.74, 6) is 2.01. The molecule has 0 aromatic carbocycles. The van der Waals surface area contributed by atoms with E-state index in [-0.39, 0.29) is 0 Å². The summed E-state index contributed by atoms with van der Waals surface area (Å²) in [6, 6.07) is 0. The summed E-state index contributed by atoms with van der Waals surface area (Å²) in [5.41, 5.74) is 0. The molecule has 1 saturated carbocycles. The first-order chi connectivity index (χ1) is 6.43. The Morgan fingerprint density at radius 3 is 2.54 bits per heavy atom. The summed E-state index contributed by atoms with van der Waals surface area (Å²) in [6.07, 6.45) is 9.36. The predicted molar refractivity (Wildman–Crippen MR) is 60.5 cm³/mol. The van der Waals surface area contributed by atoms with Crippen LogP contribution < -0.4 is 0 Å². The van der Waals surface area contributed by atoms with Crippen molar-refractivity contribution in [2.45, 2.75) is 44.9 Å². The first-order valence-electron chi connectivity index (χ1n) is 5.62. The van der Waals surface area contributed by atoms with Crippen LogP contribution in [0.4, 0.5) is 0 Å². The monoisotopic (exact) mass is 202 g/mol. The van der Waals surface area contributed by atoms with E-state index in [1.54, 1.807) is 0 Å². The Labute approximate surface area is 87.7 Å². The molecule has 1 rings (SSSR count). The number of hydrogen-bond acceptors (Lipinski definition) is 2. The quantitative estimate of drug-likeness (QED) is 0.469. The van der Waals surface area contributed by atoms with Gasteiger partial charge in [0.25, 0.3) is 0 Å². The Kier molecular flexibility index (Phi) is 6.73. The minimum Gasteiger partial charge on any atom is -0.381 e. The van der Waals surface area contributed by atoms with Crippen LogP contribution in [0.5, 0.6) is 0 Å². The Balaban J connectivity index is 1.68. The molecule has 0 bridgehead atoms. The van der Waals surface area contributed by atoms with E-state index in [1.165, 1.54) is 44.9 Å². The fraction of sp³-hybridized carbons (Fsp3) is 1.00. The third-order valence-electron chi connectivity index (χ3n) is 2.84. The molecular weight excluding hydrogens is 180 g/mol. The van der Waals surface area contributed by atoms with Crippen molar-refractivity contribution in [3.05, 3.63) is 0 Å². The first kappa shape index (κ1) is 11.4. The molecule has 0 aliphatic heterocycles. The van der Waals surface area contributed by atoms with Crippen molar-refractivity contribution in [2.75, 3.05) is 19.0 Å². The smallest absolute Gasteiger partial charge is 0.0468 e. The summed E-state index contributed by atoms with van der Waals surface area (Å²) < 4.78 is 5.56. The van der Waals surface area contributed by atoms with Gasteiger partial charge in [0.1, 0.15) is 0 Å². The normalized spacial score (nSPS) is 17.3. The van der Waals surface area contributed by atoms with Gasteiger partial charge in [-0.1, -0.05) is 25.7 Å². The molecule has 1 aliphatic carbocycles. The van der Waals surface area contributed by atoms with Crippen LogP contribution in [0.3, 0.4) is 0 Å². The second-order valence-corrected chi connectivity index (χ2v) is 4.43. The van der Waals surface area contributed by atoms with E-state index < -0.39 is 0 Å². The average Bonchev–Trinajstić information content (AvgIpc) is 2.07. The molecule has 0 aromatic rings. The van der Waals surface area contributed by atoms with Gasteiger partial charge in [-0.05, 0) is 30.9 Å². The van der Waals surface area contributed by atoms with E-state index in [0.29, 0.717) is 0 Å². The molecule has 0 unspecified atom stereocenters. The first-order valence-corrected chi connectivity index (χ1v) is 6.25. The zero-order chi connectivity index (χ0) is 9.36. The number of rotatable bonds is 8. The average molecular weight is 202 g/mol. The van der Waals surface area contributed by atoms with Crippen molar-refractivity contribution >= 4 is 12.6 Å². The van der Waals surface area contributed by atoms with Gasteiger partial charge in [0, 0.05) is 13.2 Å². The molecule has 0 atom stereocenters. The summed E-state index contributed by atoms with van der Waals surface area (Å²) in [6.45, 7) is 1.95. The zero-order valence-electron chi connectivity index (χ0n) is 8.50. The van der Waals surface area contributed by atoms with Gasteiger partial charge in [0.05, 0.1) is 0 Å². The Bertz CT molecular complexity index is 113. The van der Waals surface area contributed by atoms with Gasteiger partial charge >= 0.3 is 0 Å². The summed E-state index contributed by atoms with van der Waals surface area (Å²) in [4.78, 5) is 0. The van der Waals surface area contributed by atoms with E-state index in [2.05, 4.69) is 12.6 Å². The molecule has 1 nitrogen and oxygen atoms in total. The molecule has 1 fully saturated rings. The summed E-state index contributed by atoms with van der Waals surface area (Å²) in [5, 5.41) is 0. The summed E-state index contributed by atoms with van der Waals surface area (Å²) >= 11 is 4.17. The van der Waals surface area contributed by atoms with Crippen LogP contribution in [0.15, 0.2) is 0 Å². The molecule has 0 amide bonds. The van der Waals surface area contributed by atoms with Crippen LogP contribution >= 0.6 is 12.6 Å². The molecule has 0 saturated heterocycles. The van der Waals surface area contributed by atoms with Gasteiger partial charge in [-0.3, -0.25) is 0 Å². The molecule has 0 radical (unpaired) electrons. The topological polar surface area (TPSA) is 9.23 Å². The number of hydrogen-bond donors (Lipinski definition) is 1. The Morgan fingerprint density at radius 1 is 1.08 bits per heavy atom. The lowest BCUT2D eigenvalue weighted by Gasteiger charge is -2.24. The lowest BCUT2D eigenvalue weighted by molar-refractivity contribution is 0.104. The van der Waals surface area contributed by atoms with Gasteiger partial charge in [-0.25, -0.2) is 0 Å². The predicted octanol–water partition coefficient (Wildman–Crippen LogP) is 3.29. The molecule has 0 spiro atoms. The third-order valence-corrected chi connectivity index (χ3v) is 3.16. The van der Waals surface area contributed by atoms with Crippen molar-refractivity contribution < 1.29 is 4.74 Å². The van der Waals surface area contributed by atoms with E-state index >= 15 is 0 Å². The SMILES string of the molecule is SCCCCCOCCC1CCC1. The largest absolute Gasteiger partial charge is 0.381 e. The maximum absolute atomic E-state index is 5.56. The van der Waals surface area contributed by atoms with E-state index in [4.69, 9.17) is 4.74 Å². The highest BCUT2D eigenvalue weighted by Crippen LogP contribution is 2.29. The number of ether oxygens (including phenoxy) is 1. The molecular formula is C11H22OS. The van der Waals surface area contributed by atoms with Crippen molar-refractivity contribution in [2.24, 2.45) is 5.92 Å². The van der Waals surface area contributed by atoms with Gasteiger partial charge in [0.2, 0.25) is 0 Å². The Morgan fingerprint density at radius 2 is 1.92 bits per heavy atom. The lowest BCUT2D eigenvalue weighted by atomic mass is 9.83. The highest BCUT2D eigenvalue weighted by atomic mass is 32.1. The molecule has 0 aromatic heterocycles. The van der Waals surface area contributed by atoms with Gasteiger partial charge < -0.3 is 4.74 Å². The second-order valence-electron chi connectivity index (χ2n) is 3.98. The zero-order valence-corrected chi connectivity index (χ0v) is 9.40. The minimum atomic E-state index is 0.959. The van der Waals surface area contributed by atoms with Crippen LogP contribution in [0.25, 0.3) is 0 Å². The molecule has 13 heavy (non-hydrogen) atoms. The van der Waals surface area contributed by atoms with Gasteiger partial charge in [0.15, 0.2) is 0 Å². The van der Waals surface area contributed by atoms with Crippen molar-refractivity contribution in [3.8, 4) is 0 Å². The van der Waals surface area contributed by atoms with Gasteiger partial charge in [-0.15, -0.1) is 0 Å². The molecule has 0 N–H and O–H groups in total. The van der Waals surface area contributed by atoms with Crippen molar-refractivity contribution in [1.29, 1.82) is 0 Å². The number of thiol groups is 1. The fourth-order valence-electron chi connectivity index (χ4n) is 1.63. The standard InChI is InChI=1S/C11H22OS/c13-10-3-1-2-8-12-9-7-11-5-4-6-11/h11,13H,1-10H2. The lowest BCUT2D eigenvalue weighted by Crippen LogP contribution is -2.13. The molecule has 78 valence electrons. The highest BCUT2D eigenvalue weighted by molar-refractivity contribution is 7.80. The molecule has 0 heterocycles. The fourth-order valence-corrected chi connectivity index (χ4v) is 1.85. The maximum Gasteiger partial charge on any atom is 0.0468 e. The Hall–Kier alpha value is 0.310. The molecule has 1 aliphatic rings. The van der Waals surface area contributed by atoms with Crippen molar-refractivity contribution in [1.82, 2.24) is 0 Å². The van der Waals surface area contributed by atoms with Crippen LogP contribution in [-0.4, -0.2) is 19.0 Å². The van der Waals surface area contributed by atoms with Gasteiger partial charge in [-0.2, -0.15) is 12.6 Å². The maximum atomic E-state index is 5.56. The molecule has 2 heteroatoms. The van der Waals surface area contributed by atoms with Crippen LogP contribution in [0.2, 0.25) is 0 Å². The van der Waals surface area contributed by atoms with Crippen LogP contribution in [0.1, 0.15) is 44.9 Å². The van der Waals surface area contributed by atoms with Crippen LogP contribution in [0, 0.1) is 5.92 Å². The third kappa shape index (κ3) is 5.58. The van der Waals surface area contributed by atoms with Crippen molar-refractivity contribution in [3.63, 3.8) is 0 Å². The van der Waals surface area contributed by atoms with E-state index in [1.807, 2.05) is 0 Å².